The van der Waals surface area contributed by atoms with Crippen LogP contribution in [0.4, 0.5) is 22.7 Å². The van der Waals surface area contributed by atoms with Crippen LogP contribution >= 0.6 is 15.9 Å². The summed E-state index contributed by atoms with van der Waals surface area (Å²) in [5.41, 5.74) is 11.8. The largest absolute Gasteiger partial charge is 0.508 e. The van der Waals surface area contributed by atoms with Crippen LogP contribution in [0.3, 0.4) is 0 Å². The molecule has 4 aliphatic heterocycles. The first-order chi connectivity index (χ1) is 69.0. The fourth-order valence-electron chi connectivity index (χ4n) is 19.3. The standard InChI is InChI=1S/C36H43NO7.C34H43NO5.C30H34BrNO3.C23H21NO3/c1-23(38)41-17-19-43-31-15-13-25(34(3,4)5)21-28(31)36(27-11-9-10-12-30(27)37-33(36)40)29-22-26(35(6,7)8)14-16-32(29)44-20-18-42-24(2)39;1-32(2,3)23-13-15-29(39-18-10-17-36)26(21-23)34(25-11-8-9-12-28(25)35-31(34)37)27-22-24(33(4,5)6)14-16-30(27)40-20-19-38-7;1-28(2,3)19-11-13-25(33)22(17-19)30(21-9-7-8-10-24(21)32-27(30)34)23-18-20(29(4,5)6)12-14-26(23)35-16-15-31;1-15(2)27-17-12-13-21(25)19(14-17)23(16-8-4-3-5-9-16)18-10-6-7-11-20(18)24-22(23)26/h9-16,21-22H,17-20H2,1-8H3,(H,37,40);8-9,11-16,21-22,36H,10,17-20H2,1-7H3,(H,35,37);7-14,17-18,33H,15-16H2,1-6H3,(H,32,34);3-15,25H,1-2H3,(H,24,26). The van der Waals surface area contributed by atoms with Crippen molar-refractivity contribution in [1.82, 2.24) is 0 Å². The summed E-state index contributed by atoms with van der Waals surface area (Å²) < 4.78 is 52.8. The quantitative estimate of drug-likeness (QED) is 0.0130. The number of alkyl halides is 1. The van der Waals surface area contributed by atoms with E-state index in [9.17, 15) is 44.1 Å². The number of carbonyl (C=O) groups excluding carboxylic acids is 6. The minimum atomic E-state index is -1.37. The zero-order valence-electron chi connectivity index (χ0n) is 88.4. The van der Waals surface area contributed by atoms with Gasteiger partial charge in [0.15, 0.2) is 0 Å². The van der Waals surface area contributed by atoms with Gasteiger partial charge in [0.25, 0.3) is 0 Å². The average molecular weight is 2040 g/mol. The molecule has 0 spiro atoms. The van der Waals surface area contributed by atoms with Crippen LogP contribution in [0.2, 0.25) is 0 Å². The Morgan fingerprint density at radius 2 is 0.582 bits per heavy atom. The van der Waals surface area contributed by atoms with Crippen molar-refractivity contribution in [3.05, 3.63) is 355 Å². The molecule has 3 unspecified atom stereocenters. The molecule has 0 bridgehead atoms. The Kier molecular flexibility index (Phi) is 33.5. The lowest BCUT2D eigenvalue weighted by molar-refractivity contribution is -0.142. The van der Waals surface area contributed by atoms with E-state index in [-0.39, 0.29) is 107 Å². The summed E-state index contributed by atoms with van der Waals surface area (Å²) in [4.78, 5) is 79.6. The van der Waals surface area contributed by atoms with Crippen LogP contribution in [-0.4, -0.2) is 129 Å². The number of anilines is 4. The molecular weight excluding hydrogens is 1900 g/mol. The van der Waals surface area contributed by atoms with Crippen LogP contribution in [0.25, 0.3) is 0 Å². The van der Waals surface area contributed by atoms with E-state index in [4.69, 9.17) is 42.6 Å². The summed E-state index contributed by atoms with van der Waals surface area (Å²) >= 11 is 3.46. The van der Waals surface area contributed by atoms with E-state index in [0.29, 0.717) is 101 Å². The number of phenols is 2. The maximum Gasteiger partial charge on any atom is 0.302 e. The number of amides is 4. The Hall–Kier alpha value is -13.7. The van der Waals surface area contributed by atoms with E-state index in [1.165, 1.54) is 13.8 Å². The molecule has 7 N–H and O–H groups in total. The number of phenolic OH excluding ortho intramolecular Hbond substituents is 2. The van der Waals surface area contributed by atoms with Crippen molar-refractivity contribution in [2.75, 3.05) is 93.2 Å². The molecule has 4 aliphatic rings. The highest BCUT2D eigenvalue weighted by Crippen LogP contribution is 2.60. The number of hydrogen-bond acceptors (Lipinski definition) is 18. The fourth-order valence-corrected chi connectivity index (χ4v) is 19.5. The zero-order chi connectivity index (χ0) is 106. The van der Waals surface area contributed by atoms with Crippen molar-refractivity contribution < 1.29 is 86.7 Å². The van der Waals surface area contributed by atoms with E-state index in [1.54, 1.807) is 31.4 Å². The Morgan fingerprint density at radius 3 is 0.890 bits per heavy atom. The molecule has 16 rings (SSSR count). The SMILES string of the molecule is CC(=O)OCCOc1ccc(C(C)(C)C)cc1C1(c2cc(C(C)(C)C)ccc2OCCOC(C)=O)C(=O)Nc2ccccc21.CC(C)(C)c1ccc(O)c(C2(c3cc(C(C)(C)C)ccc3OCCBr)C(=O)Nc3ccccc32)c1.CC(C)Oc1ccc(O)c(C2(c3ccccc3)C(=O)Nc3ccccc32)c1.COCCOc1ccc(C(C)(C)C)cc1C1(c2cc(C(C)(C)C)ccc2OCCCO)C(=O)Nc2ccccc21. The molecule has 4 amide bonds. The second-order valence-electron chi connectivity index (χ2n) is 43.7. The predicted molar refractivity (Wildman–Crippen MR) is 581 cm³/mol. The van der Waals surface area contributed by atoms with Crippen LogP contribution < -0.4 is 49.7 Å². The molecule has 4 heterocycles. The molecule has 768 valence electrons. The Morgan fingerprint density at radius 1 is 0.315 bits per heavy atom. The lowest BCUT2D eigenvalue weighted by atomic mass is 9.67. The molecule has 12 aromatic rings. The first-order valence-corrected chi connectivity index (χ1v) is 51.0. The number of aliphatic hydroxyl groups is 1. The molecule has 0 saturated carbocycles. The van der Waals surface area contributed by atoms with Crippen molar-refractivity contribution in [3.63, 3.8) is 0 Å². The van der Waals surface area contributed by atoms with Crippen LogP contribution in [0.1, 0.15) is 259 Å². The van der Waals surface area contributed by atoms with Gasteiger partial charge in [0.2, 0.25) is 23.6 Å². The van der Waals surface area contributed by atoms with Gasteiger partial charge in [-0.15, -0.1) is 0 Å². The first-order valence-electron chi connectivity index (χ1n) is 49.9. The Labute approximate surface area is 868 Å². The molecule has 22 nitrogen and oxygen atoms in total. The molecule has 146 heavy (non-hydrogen) atoms. The van der Waals surface area contributed by atoms with E-state index in [0.717, 1.165) is 95.0 Å². The number of fused-ring (bicyclic) bond motifs is 4. The number of methoxy groups -OCH3 is 1. The third-order valence-corrected chi connectivity index (χ3v) is 27.2. The van der Waals surface area contributed by atoms with Crippen molar-refractivity contribution in [2.45, 2.75) is 219 Å². The number of aliphatic hydroxyl groups excluding tert-OH is 1. The van der Waals surface area contributed by atoms with Crippen LogP contribution in [0.15, 0.2) is 255 Å². The number of aromatic hydroxyl groups is 2. The van der Waals surface area contributed by atoms with E-state index < -0.39 is 33.6 Å². The number of para-hydroxylation sites is 4. The van der Waals surface area contributed by atoms with Gasteiger partial charge in [-0.25, -0.2) is 0 Å². The van der Waals surface area contributed by atoms with Crippen molar-refractivity contribution >= 4 is 74.2 Å². The maximum atomic E-state index is 14.7. The van der Waals surface area contributed by atoms with Crippen LogP contribution in [0.5, 0.6) is 46.0 Å². The number of esters is 2. The van der Waals surface area contributed by atoms with Crippen LogP contribution in [0, 0.1) is 0 Å². The van der Waals surface area contributed by atoms with Gasteiger partial charge in [-0.05, 0) is 201 Å². The highest BCUT2D eigenvalue weighted by atomic mass is 79.9. The average Bonchev–Trinajstić information content (AvgIpc) is 1.53. The molecule has 12 aromatic carbocycles. The van der Waals surface area contributed by atoms with Gasteiger partial charge in [-0.3, -0.25) is 28.8 Å². The van der Waals surface area contributed by atoms with Gasteiger partial charge < -0.3 is 79.2 Å². The minimum Gasteiger partial charge on any atom is -0.508 e. The number of hydrogen-bond donors (Lipinski definition) is 7. The molecule has 3 atom stereocenters. The van der Waals surface area contributed by atoms with Crippen molar-refractivity contribution in [3.8, 4) is 46.0 Å². The third-order valence-electron chi connectivity index (χ3n) is 26.9. The lowest BCUT2D eigenvalue weighted by Crippen LogP contribution is -2.39. The Bertz CT molecular complexity index is 6610. The van der Waals surface area contributed by atoms with Gasteiger partial charge in [0.05, 0.1) is 25.9 Å². The first kappa shape index (κ1) is 109. The molecule has 0 saturated heterocycles. The zero-order valence-corrected chi connectivity index (χ0v) is 90.0. The van der Waals surface area contributed by atoms with E-state index in [2.05, 4.69) is 198 Å². The molecule has 0 fully saturated rings. The summed E-state index contributed by atoms with van der Waals surface area (Å²) in [6, 6.07) is 81.3. The molecule has 0 radical (unpaired) electrons. The van der Waals surface area contributed by atoms with Crippen molar-refractivity contribution in [2.24, 2.45) is 0 Å². The summed E-state index contributed by atoms with van der Waals surface area (Å²) in [6.07, 6.45) is 0.473. The molecule has 0 aliphatic carbocycles. The summed E-state index contributed by atoms with van der Waals surface area (Å²) in [5, 5.41) is 44.6. The normalized spacial score (nSPS) is 16.5. The highest BCUT2D eigenvalue weighted by Gasteiger charge is 2.58. The van der Waals surface area contributed by atoms with Crippen molar-refractivity contribution in [1.29, 1.82) is 0 Å². The number of carbonyl (C=O) groups is 6. The monoisotopic (exact) mass is 2040 g/mol. The van der Waals surface area contributed by atoms with Gasteiger partial charge in [0, 0.05) is 123 Å². The minimum absolute atomic E-state index is 0.0141. The van der Waals surface area contributed by atoms with Crippen LogP contribution in [-0.2, 0) is 97.1 Å². The number of nitrogens with one attached hydrogen (secondary N) is 4. The maximum absolute atomic E-state index is 14.7. The Balaban J connectivity index is 0.000000165. The second kappa shape index (κ2) is 44.7. The number of rotatable bonds is 29. The van der Waals surface area contributed by atoms with Gasteiger partial charge in [-0.2, -0.15) is 0 Å². The number of halogens is 1. The van der Waals surface area contributed by atoms with Gasteiger partial charge in [0.1, 0.15) is 101 Å². The topological polar surface area (TPSA) is 294 Å². The smallest absolute Gasteiger partial charge is 0.302 e. The lowest BCUT2D eigenvalue weighted by Gasteiger charge is -2.34. The van der Waals surface area contributed by atoms with E-state index in [1.807, 2.05) is 208 Å². The predicted octanol–water partition coefficient (Wildman–Crippen LogP) is 24.3. The van der Waals surface area contributed by atoms with E-state index >= 15 is 0 Å². The summed E-state index contributed by atoms with van der Waals surface area (Å²) in [6.45, 7) is 47.0. The van der Waals surface area contributed by atoms with Gasteiger partial charge >= 0.3 is 11.9 Å². The molecular formula is C123H141BrN4O18. The summed E-state index contributed by atoms with van der Waals surface area (Å²) in [5.74, 6) is 2.01. The second-order valence-corrected chi connectivity index (χ2v) is 44.5. The molecule has 0 aromatic heterocycles. The molecule has 23 heteroatoms. The summed E-state index contributed by atoms with van der Waals surface area (Å²) in [7, 11) is 1.64. The van der Waals surface area contributed by atoms with Gasteiger partial charge in [-0.1, -0.05) is 280 Å². The highest BCUT2D eigenvalue weighted by molar-refractivity contribution is 9.09. The fraction of sp³-hybridized carbons (Fsp3) is 0.366. The number of benzene rings is 12. The third kappa shape index (κ3) is 22.8. The number of ether oxygens (including phenoxy) is 9.